The smallest absolute Gasteiger partial charge is 0.459 e. The highest BCUT2D eigenvalue weighted by Gasteiger charge is 2.51. The summed E-state index contributed by atoms with van der Waals surface area (Å²) in [5, 5.41) is 11.6. The van der Waals surface area contributed by atoms with Gasteiger partial charge in [0, 0.05) is 15.1 Å². The predicted octanol–water partition coefficient (Wildman–Crippen LogP) is 5.13. The normalized spacial score (nSPS) is 22.4. The Morgan fingerprint density at radius 3 is 2.29 bits per heavy atom. The highest BCUT2D eigenvalue weighted by atomic mass is 32.3. The van der Waals surface area contributed by atoms with Crippen LogP contribution in [0.1, 0.15) is 51.3 Å². The van der Waals surface area contributed by atoms with E-state index in [1.807, 2.05) is 39.6 Å². The maximum atomic E-state index is 15.3. The Balaban J connectivity index is 0. The van der Waals surface area contributed by atoms with Crippen LogP contribution in [0.4, 0.5) is 4.39 Å². The minimum Gasteiger partial charge on any atom is -0.480 e. The van der Waals surface area contributed by atoms with Crippen molar-refractivity contribution in [1.82, 2.24) is 15.1 Å². The van der Waals surface area contributed by atoms with Crippen molar-refractivity contribution in [3.63, 3.8) is 0 Å². The molecule has 5 atom stereocenters. The third-order valence-electron chi connectivity index (χ3n) is 6.18. The third kappa shape index (κ3) is 11.7. The van der Waals surface area contributed by atoms with Crippen molar-refractivity contribution in [2.75, 3.05) is 30.5 Å². The van der Waals surface area contributed by atoms with Crippen LogP contribution in [0.15, 0.2) is 52.2 Å². The number of aromatic amines is 2. The number of carbonyl (C=O) groups is 1. The lowest BCUT2D eigenvalue weighted by Crippen LogP contribution is -2.43. The Hall–Kier alpha value is -2.48. The van der Waals surface area contributed by atoms with E-state index in [0.717, 1.165) is 17.3 Å². The molecule has 1 saturated heterocycles. The molecule has 1 unspecified atom stereocenters. The van der Waals surface area contributed by atoms with Crippen molar-refractivity contribution in [3.05, 3.63) is 63.4 Å². The van der Waals surface area contributed by atoms with Crippen LogP contribution in [0, 0.1) is 0 Å². The van der Waals surface area contributed by atoms with E-state index in [1.54, 1.807) is 30.3 Å². The van der Waals surface area contributed by atoms with Crippen molar-refractivity contribution in [3.8, 4) is 5.75 Å². The Labute approximate surface area is 250 Å². The van der Waals surface area contributed by atoms with Crippen LogP contribution in [-0.4, -0.2) is 75.4 Å². The maximum Gasteiger partial charge on any atom is 0.459 e. The molecule has 1 aliphatic heterocycles. The van der Waals surface area contributed by atoms with E-state index in [0.29, 0.717) is 0 Å². The molecule has 244 valence electrons. The Morgan fingerprint density at radius 2 is 1.81 bits per heavy atom. The van der Waals surface area contributed by atoms with Gasteiger partial charge in [-0.1, -0.05) is 52.8 Å². The number of benzene rings is 1. The zero-order chi connectivity index (χ0) is 32.0. The molecule has 3 rings (SSSR count). The van der Waals surface area contributed by atoms with Crippen LogP contribution in [-0.2, 0) is 22.8 Å². The summed E-state index contributed by atoms with van der Waals surface area (Å²) < 4.78 is 51.7. The first-order valence-electron chi connectivity index (χ1n) is 13.8. The predicted molar refractivity (Wildman–Crippen MR) is 167 cm³/mol. The standard InChI is InChI=1S/C21H35FNO7PS.C4H4N2O2.C2H6.2H2/c1-6-32(7-2,8-3)30-19-18(27-15-21(19,5)22)14-28-31(26,23-16(4)20(24)25)29-17-12-10-9-11-13-17;7-3-1-2-5-4(8)6-3;1-2;;/h9-13,16,18-19H,6-8,14-15H2,1-5H3,(H,23,26)(H,24,25);1-2H,(H2,5,6,7,8);1-2H3;2*1H/t16-,18+,19+,21-,31?;;;;/m0..../s1. The number of alkyl halides is 1. The summed E-state index contributed by atoms with van der Waals surface area (Å²) in [5.41, 5.74) is -2.59. The average Bonchev–Trinajstić information content (AvgIpc) is 3.24. The van der Waals surface area contributed by atoms with Crippen LogP contribution >= 0.6 is 18.1 Å². The van der Waals surface area contributed by atoms with E-state index < -0.39 is 53.6 Å². The van der Waals surface area contributed by atoms with Gasteiger partial charge in [0.1, 0.15) is 24.0 Å². The molecule has 42 heavy (non-hydrogen) atoms. The first-order chi connectivity index (χ1) is 19.8. The number of carboxylic acids is 1. The van der Waals surface area contributed by atoms with Gasteiger partial charge in [0.15, 0.2) is 5.67 Å². The van der Waals surface area contributed by atoms with Gasteiger partial charge in [0.2, 0.25) is 0 Å². The van der Waals surface area contributed by atoms with E-state index >= 15 is 4.39 Å². The molecule has 0 radical (unpaired) electrons. The molecule has 1 aromatic heterocycles. The fraction of sp³-hybridized carbons (Fsp3) is 0.593. The van der Waals surface area contributed by atoms with E-state index in [4.69, 9.17) is 18.0 Å². The monoisotopic (exact) mass is 641 g/mol. The highest BCUT2D eigenvalue weighted by molar-refractivity contribution is 8.29. The molecule has 2 heterocycles. The number of aromatic nitrogens is 2. The third-order valence-corrected chi connectivity index (χ3v) is 11.6. The van der Waals surface area contributed by atoms with Crippen molar-refractivity contribution in [2.45, 2.75) is 72.4 Å². The van der Waals surface area contributed by atoms with Crippen molar-refractivity contribution >= 4 is 24.0 Å². The number of hydrogen-bond acceptors (Lipinski definition) is 8. The van der Waals surface area contributed by atoms with Crippen LogP contribution in [0.2, 0.25) is 0 Å². The zero-order valence-corrected chi connectivity index (χ0v) is 27.0. The Kier molecular flexibility index (Phi) is 15.7. The van der Waals surface area contributed by atoms with Gasteiger partial charge in [0.25, 0.3) is 5.56 Å². The number of carboxylic acid groups (broad SMARTS) is 1. The van der Waals surface area contributed by atoms with Gasteiger partial charge < -0.3 is 23.5 Å². The number of hydrogen-bond donors (Lipinski definition) is 4. The molecule has 0 aliphatic carbocycles. The summed E-state index contributed by atoms with van der Waals surface area (Å²) in [6.07, 6.45) is -0.433. The lowest BCUT2D eigenvalue weighted by molar-refractivity contribution is -0.138. The number of nitrogens with one attached hydrogen (secondary N) is 3. The minimum atomic E-state index is -4.13. The average molecular weight is 642 g/mol. The summed E-state index contributed by atoms with van der Waals surface area (Å²) >= 11 is 0. The second kappa shape index (κ2) is 17.6. The van der Waals surface area contributed by atoms with E-state index in [-0.39, 0.29) is 27.4 Å². The number of rotatable bonds is 13. The molecule has 1 fully saturated rings. The number of para-hydroxylation sites is 1. The van der Waals surface area contributed by atoms with Gasteiger partial charge >= 0.3 is 19.4 Å². The fourth-order valence-electron chi connectivity index (χ4n) is 3.72. The number of halogens is 1. The second-order valence-electron chi connectivity index (χ2n) is 9.16. The van der Waals surface area contributed by atoms with Crippen molar-refractivity contribution < 1.29 is 39.7 Å². The molecule has 2 aromatic rings. The van der Waals surface area contributed by atoms with E-state index in [1.165, 1.54) is 26.1 Å². The summed E-state index contributed by atoms with van der Waals surface area (Å²) in [5.74, 6) is 1.37. The van der Waals surface area contributed by atoms with Gasteiger partial charge in [-0.2, -0.15) is 5.09 Å². The second-order valence-corrected chi connectivity index (χ2v) is 14.7. The molecule has 0 spiro atoms. The summed E-state index contributed by atoms with van der Waals surface area (Å²) in [6, 6.07) is 8.29. The number of H-pyrrole nitrogens is 2. The van der Waals surface area contributed by atoms with Crippen LogP contribution in [0.5, 0.6) is 5.75 Å². The van der Waals surface area contributed by atoms with E-state index in [9.17, 15) is 24.1 Å². The summed E-state index contributed by atoms with van der Waals surface area (Å²) in [6.45, 7) is 12.4. The fourth-order valence-corrected chi connectivity index (χ4v) is 7.62. The van der Waals surface area contributed by atoms with Crippen molar-refractivity contribution in [2.24, 2.45) is 0 Å². The first-order valence-corrected chi connectivity index (χ1v) is 17.4. The van der Waals surface area contributed by atoms with Crippen LogP contribution in [0.3, 0.4) is 0 Å². The molecular weight excluding hydrogens is 592 g/mol. The largest absolute Gasteiger partial charge is 0.480 e. The van der Waals surface area contributed by atoms with Crippen molar-refractivity contribution in [1.29, 1.82) is 0 Å². The van der Waals surface area contributed by atoms with E-state index in [2.05, 4.69) is 10.1 Å². The van der Waals surface area contributed by atoms with Crippen LogP contribution < -0.4 is 20.9 Å². The van der Waals surface area contributed by atoms with Gasteiger partial charge in [0.05, 0.1) is 13.2 Å². The molecule has 4 N–H and O–H groups in total. The molecule has 0 saturated carbocycles. The molecule has 1 aromatic carbocycles. The summed E-state index contributed by atoms with van der Waals surface area (Å²) in [4.78, 5) is 36.0. The Morgan fingerprint density at radius 1 is 1.21 bits per heavy atom. The van der Waals surface area contributed by atoms with Crippen LogP contribution in [0.25, 0.3) is 0 Å². The molecular formula is C27H49FN3O9PS. The first kappa shape index (κ1) is 37.5. The van der Waals surface area contributed by atoms with Gasteiger partial charge in [-0.05, 0) is 43.2 Å². The minimum absolute atomic E-state index is 0. The molecule has 12 nitrogen and oxygen atoms in total. The zero-order valence-electron chi connectivity index (χ0n) is 25.3. The lowest BCUT2D eigenvalue weighted by Gasteiger charge is -2.42. The number of aliphatic carboxylic acids is 1. The number of ether oxygens (including phenoxy) is 1. The van der Waals surface area contributed by atoms with Gasteiger partial charge in [-0.15, -0.1) is 10.3 Å². The topological polar surface area (TPSA) is 169 Å². The molecule has 15 heteroatoms. The molecule has 0 amide bonds. The summed E-state index contributed by atoms with van der Waals surface area (Å²) in [7, 11) is -5.63. The maximum absolute atomic E-state index is 15.3. The SMILES string of the molecule is CC.CCS(CC)(CC)O[C@@H]1[C@@H](COP(=O)(N[C@@H](C)C(=O)O)Oc2ccccc2)OC[C@]1(C)F.O=c1cc[nH]c(=O)[nH]1.[HH].[HH]. The van der Waals surface area contributed by atoms with Gasteiger partial charge in [-0.3, -0.25) is 19.1 Å². The molecule has 1 aliphatic rings. The Bertz CT molecular complexity index is 1220. The quantitative estimate of drug-likeness (QED) is 0.215. The highest BCUT2D eigenvalue weighted by Crippen LogP contribution is 2.53. The lowest BCUT2D eigenvalue weighted by atomic mass is 10.0. The van der Waals surface area contributed by atoms with Gasteiger partial charge in [-0.25, -0.2) is 13.8 Å². The molecule has 0 bridgehead atoms.